The first kappa shape index (κ1) is 22.4. The second-order valence-electron chi connectivity index (χ2n) is 7.18. The maximum atomic E-state index is 13.7. The Balaban J connectivity index is 1.80. The highest BCUT2D eigenvalue weighted by Gasteiger charge is 2.42. The SMILES string of the molecule is CCCOc1ccccc1N1C(=O)C(Nc2cc(OC)ccc2OC)=C(c2cccs2)C1=O. The number of carbonyl (C=O) groups is 2. The smallest absolute Gasteiger partial charge is 0.282 e. The highest BCUT2D eigenvalue weighted by atomic mass is 32.1. The number of ether oxygens (including phenoxy) is 3. The Labute approximate surface area is 196 Å². The van der Waals surface area contributed by atoms with E-state index in [0.29, 0.717) is 45.7 Å². The van der Waals surface area contributed by atoms with Crippen LogP contribution in [0.4, 0.5) is 11.4 Å². The summed E-state index contributed by atoms with van der Waals surface area (Å²) >= 11 is 1.39. The van der Waals surface area contributed by atoms with E-state index in [9.17, 15) is 9.59 Å². The lowest BCUT2D eigenvalue weighted by atomic mass is 10.1. The van der Waals surface area contributed by atoms with Crippen molar-refractivity contribution < 1.29 is 23.8 Å². The lowest BCUT2D eigenvalue weighted by molar-refractivity contribution is -0.120. The van der Waals surface area contributed by atoms with Crippen LogP contribution in [0.1, 0.15) is 18.2 Å². The number of hydrogen-bond donors (Lipinski definition) is 1. The largest absolute Gasteiger partial charge is 0.497 e. The molecule has 1 aliphatic heterocycles. The number of carbonyl (C=O) groups excluding carboxylic acids is 2. The number of benzene rings is 2. The van der Waals surface area contributed by atoms with Gasteiger partial charge in [0.2, 0.25) is 0 Å². The summed E-state index contributed by atoms with van der Waals surface area (Å²) in [7, 11) is 3.10. The molecule has 0 saturated heterocycles. The Morgan fingerprint density at radius 1 is 0.939 bits per heavy atom. The highest BCUT2D eigenvalue weighted by molar-refractivity contribution is 7.11. The van der Waals surface area contributed by atoms with E-state index in [2.05, 4.69) is 5.32 Å². The van der Waals surface area contributed by atoms with Gasteiger partial charge in [0.1, 0.15) is 22.9 Å². The molecule has 0 radical (unpaired) electrons. The minimum Gasteiger partial charge on any atom is -0.497 e. The summed E-state index contributed by atoms with van der Waals surface area (Å²) in [5, 5.41) is 5.01. The standard InChI is InChI=1S/C25H24N2O5S/c1-4-13-32-20-9-6-5-8-18(20)27-24(28)22(21-10-7-14-33-21)23(25(27)29)26-17-15-16(30-2)11-12-19(17)31-3/h5-12,14-15,26H,4,13H2,1-3H3. The molecule has 33 heavy (non-hydrogen) atoms. The first-order valence-electron chi connectivity index (χ1n) is 10.5. The highest BCUT2D eigenvalue weighted by Crippen LogP contribution is 2.40. The van der Waals surface area contributed by atoms with E-state index in [4.69, 9.17) is 14.2 Å². The number of amides is 2. The fraction of sp³-hybridized carbons (Fsp3) is 0.200. The predicted octanol–water partition coefficient (Wildman–Crippen LogP) is 4.95. The average Bonchev–Trinajstić information content (AvgIpc) is 3.44. The summed E-state index contributed by atoms with van der Waals surface area (Å²) in [6.07, 6.45) is 0.803. The number of anilines is 2. The van der Waals surface area contributed by atoms with Crippen LogP contribution >= 0.6 is 11.3 Å². The maximum Gasteiger partial charge on any atom is 0.282 e. The van der Waals surface area contributed by atoms with Gasteiger partial charge in [0.05, 0.1) is 37.8 Å². The molecule has 0 fully saturated rings. The quantitative estimate of drug-likeness (QED) is 0.452. The van der Waals surface area contributed by atoms with E-state index in [1.54, 1.807) is 43.5 Å². The molecule has 0 aliphatic carbocycles. The molecular weight excluding hydrogens is 440 g/mol. The number of thiophene rings is 1. The van der Waals surface area contributed by atoms with Crippen LogP contribution in [0.2, 0.25) is 0 Å². The molecule has 8 heteroatoms. The van der Waals surface area contributed by atoms with Crippen molar-refractivity contribution in [2.75, 3.05) is 31.0 Å². The Morgan fingerprint density at radius 3 is 2.45 bits per heavy atom. The second kappa shape index (κ2) is 9.79. The molecule has 7 nitrogen and oxygen atoms in total. The van der Waals surface area contributed by atoms with Gasteiger partial charge in [-0.2, -0.15) is 0 Å². The Morgan fingerprint density at radius 2 is 1.76 bits per heavy atom. The van der Waals surface area contributed by atoms with Gasteiger partial charge in [-0.25, -0.2) is 4.90 Å². The zero-order valence-corrected chi connectivity index (χ0v) is 19.4. The molecule has 1 aromatic heterocycles. The van der Waals surface area contributed by atoms with Crippen LogP contribution in [0.3, 0.4) is 0 Å². The number of methoxy groups -OCH3 is 2. The zero-order valence-electron chi connectivity index (χ0n) is 18.6. The Hall–Kier alpha value is -3.78. The van der Waals surface area contributed by atoms with Crippen LogP contribution in [0, 0.1) is 0 Å². The van der Waals surface area contributed by atoms with Gasteiger partial charge in [0.15, 0.2) is 0 Å². The lowest BCUT2D eigenvalue weighted by Crippen LogP contribution is -2.32. The summed E-state index contributed by atoms with van der Waals surface area (Å²) in [4.78, 5) is 29.1. The van der Waals surface area contributed by atoms with Gasteiger partial charge in [0.25, 0.3) is 11.8 Å². The predicted molar refractivity (Wildman–Crippen MR) is 129 cm³/mol. The topological polar surface area (TPSA) is 77.1 Å². The molecule has 2 heterocycles. The first-order chi connectivity index (χ1) is 16.1. The van der Waals surface area contributed by atoms with E-state index in [1.165, 1.54) is 18.4 Å². The molecule has 3 aromatic rings. The summed E-state index contributed by atoms with van der Waals surface area (Å²) in [5.41, 5.74) is 1.38. The van der Waals surface area contributed by atoms with Gasteiger partial charge in [-0.1, -0.05) is 25.1 Å². The van der Waals surface area contributed by atoms with Crippen molar-refractivity contribution in [3.8, 4) is 17.2 Å². The normalized spacial score (nSPS) is 13.5. The van der Waals surface area contributed by atoms with E-state index >= 15 is 0 Å². The third-order valence-corrected chi connectivity index (χ3v) is 5.97. The van der Waals surface area contributed by atoms with Crippen molar-refractivity contribution in [3.05, 3.63) is 70.6 Å². The van der Waals surface area contributed by atoms with Crippen molar-refractivity contribution in [3.63, 3.8) is 0 Å². The van der Waals surface area contributed by atoms with Gasteiger partial charge < -0.3 is 19.5 Å². The molecular formula is C25H24N2O5S. The molecule has 170 valence electrons. The van der Waals surface area contributed by atoms with Gasteiger partial charge in [-0.3, -0.25) is 9.59 Å². The monoisotopic (exact) mass is 464 g/mol. The molecule has 0 unspecified atom stereocenters. The van der Waals surface area contributed by atoms with Crippen LogP contribution in [0.5, 0.6) is 17.2 Å². The van der Waals surface area contributed by atoms with Crippen molar-refractivity contribution in [2.45, 2.75) is 13.3 Å². The summed E-state index contributed by atoms with van der Waals surface area (Å²) in [6.45, 7) is 2.47. The fourth-order valence-corrected chi connectivity index (χ4v) is 4.30. The number of nitrogens with zero attached hydrogens (tertiary/aromatic N) is 1. The van der Waals surface area contributed by atoms with Gasteiger partial charge in [-0.15, -0.1) is 11.3 Å². The molecule has 4 rings (SSSR count). The van der Waals surface area contributed by atoms with Crippen LogP contribution in [0.15, 0.2) is 65.7 Å². The minimum absolute atomic E-state index is 0.166. The van der Waals surface area contributed by atoms with E-state index in [-0.39, 0.29) is 5.70 Å². The van der Waals surface area contributed by atoms with Gasteiger partial charge in [0, 0.05) is 10.9 Å². The third-order valence-electron chi connectivity index (χ3n) is 5.09. The van der Waals surface area contributed by atoms with Crippen molar-refractivity contribution in [1.82, 2.24) is 0 Å². The van der Waals surface area contributed by atoms with Crippen LogP contribution in [-0.4, -0.2) is 32.6 Å². The molecule has 0 bridgehead atoms. The van der Waals surface area contributed by atoms with Gasteiger partial charge >= 0.3 is 0 Å². The molecule has 0 atom stereocenters. The average molecular weight is 465 g/mol. The fourth-order valence-electron chi connectivity index (χ4n) is 3.54. The molecule has 0 spiro atoms. The van der Waals surface area contributed by atoms with Crippen molar-refractivity contribution >= 4 is 40.1 Å². The number of para-hydroxylation sites is 2. The maximum absolute atomic E-state index is 13.7. The van der Waals surface area contributed by atoms with Gasteiger partial charge in [-0.05, 0) is 42.1 Å². The molecule has 1 aliphatic rings. The number of rotatable bonds is 9. The Bertz CT molecular complexity index is 1200. The van der Waals surface area contributed by atoms with E-state index in [1.807, 2.05) is 30.5 Å². The number of nitrogens with one attached hydrogen (secondary N) is 1. The molecule has 0 saturated carbocycles. The summed E-state index contributed by atoms with van der Waals surface area (Å²) in [6, 6.07) is 15.9. The summed E-state index contributed by atoms with van der Waals surface area (Å²) < 4.78 is 16.6. The third kappa shape index (κ3) is 4.29. The van der Waals surface area contributed by atoms with Crippen LogP contribution < -0.4 is 24.4 Å². The molecule has 2 aromatic carbocycles. The van der Waals surface area contributed by atoms with Crippen LogP contribution in [-0.2, 0) is 9.59 Å². The van der Waals surface area contributed by atoms with Crippen LogP contribution in [0.25, 0.3) is 5.57 Å². The van der Waals surface area contributed by atoms with E-state index in [0.717, 1.165) is 11.3 Å². The van der Waals surface area contributed by atoms with E-state index < -0.39 is 11.8 Å². The first-order valence-corrected chi connectivity index (χ1v) is 11.3. The number of hydrogen-bond acceptors (Lipinski definition) is 7. The molecule has 1 N–H and O–H groups in total. The summed E-state index contributed by atoms with van der Waals surface area (Å²) in [5.74, 6) is 0.690. The number of imide groups is 1. The van der Waals surface area contributed by atoms with Crippen molar-refractivity contribution in [1.29, 1.82) is 0 Å². The molecule has 2 amide bonds. The Kier molecular flexibility index (Phi) is 6.65. The second-order valence-corrected chi connectivity index (χ2v) is 8.13. The minimum atomic E-state index is -0.471. The van der Waals surface area contributed by atoms with Crippen molar-refractivity contribution in [2.24, 2.45) is 0 Å². The zero-order chi connectivity index (χ0) is 23.4. The lowest BCUT2D eigenvalue weighted by Gasteiger charge is -2.19.